The summed E-state index contributed by atoms with van der Waals surface area (Å²) < 4.78 is 42.9. The smallest absolute Gasteiger partial charge is 0.383 e. The largest absolute Gasteiger partial charge is 0.433 e. The number of piperazine rings is 1. The number of hydrogen-bond acceptors (Lipinski definition) is 4. The van der Waals surface area contributed by atoms with Gasteiger partial charge in [-0.2, -0.15) is 13.2 Å². The van der Waals surface area contributed by atoms with Gasteiger partial charge in [0.15, 0.2) is 0 Å². The third-order valence-corrected chi connectivity index (χ3v) is 3.38. The van der Waals surface area contributed by atoms with Crippen molar-refractivity contribution in [2.45, 2.75) is 6.18 Å². The number of nitrogens with zero attached hydrogens (tertiary/aromatic N) is 3. The van der Waals surface area contributed by atoms with Crippen molar-refractivity contribution in [1.82, 2.24) is 9.88 Å². The molecule has 0 spiro atoms. The first-order chi connectivity index (χ1) is 9.50. The van der Waals surface area contributed by atoms with Crippen LogP contribution in [-0.4, -0.2) is 56.3 Å². The molecule has 0 N–H and O–H groups in total. The van der Waals surface area contributed by atoms with Gasteiger partial charge in [-0.25, -0.2) is 0 Å². The van der Waals surface area contributed by atoms with E-state index in [1.807, 2.05) is 4.90 Å². The van der Waals surface area contributed by atoms with Crippen LogP contribution in [-0.2, 0) is 10.9 Å². The minimum Gasteiger partial charge on any atom is -0.383 e. The summed E-state index contributed by atoms with van der Waals surface area (Å²) in [7, 11) is 1.66. The Morgan fingerprint density at radius 1 is 1.25 bits per heavy atom. The lowest BCUT2D eigenvalue weighted by atomic mass is 10.2. The molecule has 7 heteroatoms. The van der Waals surface area contributed by atoms with Crippen molar-refractivity contribution in [3.05, 3.63) is 24.0 Å². The first-order valence-corrected chi connectivity index (χ1v) is 6.50. The molecular formula is C13H18F3N3O. The summed E-state index contributed by atoms with van der Waals surface area (Å²) in [6, 6.07) is 2.74. The molecule has 4 nitrogen and oxygen atoms in total. The SMILES string of the molecule is COCCN1CCN(c2ccnc(C(F)(F)F)c2)CC1. The fourth-order valence-corrected chi connectivity index (χ4v) is 2.22. The third-order valence-electron chi connectivity index (χ3n) is 3.38. The summed E-state index contributed by atoms with van der Waals surface area (Å²) in [5, 5.41) is 0. The molecule has 0 radical (unpaired) electrons. The highest BCUT2D eigenvalue weighted by molar-refractivity contribution is 5.47. The Balaban J connectivity index is 1.97. The third kappa shape index (κ3) is 3.83. The van der Waals surface area contributed by atoms with Gasteiger partial charge in [0.05, 0.1) is 6.61 Å². The Kier molecular flexibility index (Phi) is 4.82. The Hall–Kier alpha value is -1.34. The molecule has 2 heterocycles. The summed E-state index contributed by atoms with van der Waals surface area (Å²) in [6.45, 7) is 4.61. The van der Waals surface area contributed by atoms with Crippen molar-refractivity contribution in [2.75, 3.05) is 51.3 Å². The molecule has 0 atom stereocenters. The number of hydrogen-bond donors (Lipinski definition) is 0. The van der Waals surface area contributed by atoms with Crippen LogP contribution in [0, 0.1) is 0 Å². The number of aromatic nitrogens is 1. The first kappa shape index (κ1) is 15.1. The van der Waals surface area contributed by atoms with Crippen molar-refractivity contribution >= 4 is 5.69 Å². The lowest BCUT2D eigenvalue weighted by Crippen LogP contribution is -2.47. The van der Waals surface area contributed by atoms with Crippen LogP contribution in [0.4, 0.5) is 18.9 Å². The van der Waals surface area contributed by atoms with Gasteiger partial charge >= 0.3 is 6.18 Å². The summed E-state index contributed by atoms with van der Waals surface area (Å²) in [6.07, 6.45) is -3.17. The van der Waals surface area contributed by atoms with E-state index < -0.39 is 11.9 Å². The van der Waals surface area contributed by atoms with Gasteiger partial charge in [0, 0.05) is 51.7 Å². The summed E-state index contributed by atoms with van der Waals surface area (Å²) >= 11 is 0. The van der Waals surface area contributed by atoms with E-state index in [4.69, 9.17) is 4.74 Å². The predicted octanol–water partition coefficient (Wildman–Crippen LogP) is 1.87. The molecule has 20 heavy (non-hydrogen) atoms. The van der Waals surface area contributed by atoms with E-state index in [1.54, 1.807) is 13.2 Å². The van der Waals surface area contributed by atoms with Crippen molar-refractivity contribution in [3.63, 3.8) is 0 Å². The normalized spacial score (nSPS) is 17.5. The van der Waals surface area contributed by atoms with Crippen LogP contribution < -0.4 is 4.90 Å². The number of methoxy groups -OCH3 is 1. The van der Waals surface area contributed by atoms with Gasteiger partial charge in [-0.1, -0.05) is 0 Å². The minimum absolute atomic E-state index is 0.582. The van der Waals surface area contributed by atoms with Gasteiger partial charge in [0.2, 0.25) is 0 Å². The summed E-state index contributed by atoms with van der Waals surface area (Å²) in [5.74, 6) is 0. The Labute approximate surface area is 116 Å². The maximum absolute atomic E-state index is 12.6. The van der Waals surface area contributed by atoms with Crippen LogP contribution >= 0.6 is 0 Å². The maximum atomic E-state index is 12.6. The Morgan fingerprint density at radius 3 is 2.55 bits per heavy atom. The number of alkyl halides is 3. The van der Waals surface area contributed by atoms with Gasteiger partial charge in [0.1, 0.15) is 5.69 Å². The zero-order valence-corrected chi connectivity index (χ0v) is 11.4. The second kappa shape index (κ2) is 6.41. The van der Waals surface area contributed by atoms with Gasteiger partial charge in [-0.3, -0.25) is 9.88 Å². The zero-order valence-electron chi connectivity index (χ0n) is 11.4. The number of rotatable bonds is 4. The highest BCUT2D eigenvalue weighted by Gasteiger charge is 2.33. The van der Waals surface area contributed by atoms with Crippen LogP contribution in [0.3, 0.4) is 0 Å². The highest BCUT2D eigenvalue weighted by atomic mass is 19.4. The van der Waals surface area contributed by atoms with E-state index in [0.717, 1.165) is 25.7 Å². The zero-order chi connectivity index (χ0) is 14.6. The predicted molar refractivity (Wildman–Crippen MR) is 69.8 cm³/mol. The van der Waals surface area contributed by atoms with Crippen molar-refractivity contribution in [3.8, 4) is 0 Å². The number of halogens is 3. The van der Waals surface area contributed by atoms with Gasteiger partial charge in [-0.15, -0.1) is 0 Å². The average molecular weight is 289 g/mol. The quantitative estimate of drug-likeness (QED) is 0.846. The first-order valence-electron chi connectivity index (χ1n) is 6.50. The van der Waals surface area contributed by atoms with Gasteiger partial charge in [0.25, 0.3) is 0 Å². The van der Waals surface area contributed by atoms with Crippen molar-refractivity contribution in [2.24, 2.45) is 0 Å². The second-order valence-corrected chi connectivity index (χ2v) is 4.72. The van der Waals surface area contributed by atoms with E-state index in [9.17, 15) is 13.2 Å². The van der Waals surface area contributed by atoms with Crippen molar-refractivity contribution in [1.29, 1.82) is 0 Å². The molecule has 0 bridgehead atoms. The van der Waals surface area contributed by atoms with Crippen molar-refractivity contribution < 1.29 is 17.9 Å². The molecular weight excluding hydrogens is 271 g/mol. The second-order valence-electron chi connectivity index (χ2n) is 4.72. The molecule has 1 aromatic rings. The molecule has 0 aromatic carbocycles. The van der Waals surface area contributed by atoms with E-state index in [-0.39, 0.29) is 0 Å². The van der Waals surface area contributed by atoms with E-state index in [2.05, 4.69) is 9.88 Å². The Bertz CT molecular complexity index is 431. The fourth-order valence-electron chi connectivity index (χ4n) is 2.22. The average Bonchev–Trinajstić information content (AvgIpc) is 2.45. The lowest BCUT2D eigenvalue weighted by Gasteiger charge is -2.36. The van der Waals surface area contributed by atoms with Crippen LogP contribution in [0.1, 0.15) is 5.69 Å². The lowest BCUT2D eigenvalue weighted by molar-refractivity contribution is -0.141. The highest BCUT2D eigenvalue weighted by Crippen LogP contribution is 2.30. The summed E-state index contributed by atoms with van der Waals surface area (Å²) in [5.41, 5.74) is -0.254. The molecule has 2 rings (SSSR count). The topological polar surface area (TPSA) is 28.6 Å². The fraction of sp³-hybridized carbons (Fsp3) is 0.615. The van der Waals surface area contributed by atoms with E-state index in [1.165, 1.54) is 6.20 Å². The molecule has 112 valence electrons. The monoisotopic (exact) mass is 289 g/mol. The maximum Gasteiger partial charge on any atom is 0.433 e. The number of anilines is 1. The standard InChI is InChI=1S/C13H18F3N3O/c1-20-9-8-18-4-6-19(7-5-18)11-2-3-17-12(10-11)13(14,15)16/h2-3,10H,4-9H2,1H3. The molecule has 1 aromatic heterocycles. The molecule has 0 unspecified atom stereocenters. The van der Waals surface area contributed by atoms with Crippen LogP contribution in [0.2, 0.25) is 0 Å². The number of ether oxygens (including phenoxy) is 1. The molecule has 0 saturated carbocycles. The van der Waals surface area contributed by atoms with Crippen LogP contribution in [0.5, 0.6) is 0 Å². The van der Waals surface area contributed by atoms with E-state index in [0.29, 0.717) is 25.4 Å². The van der Waals surface area contributed by atoms with Crippen LogP contribution in [0.25, 0.3) is 0 Å². The molecule has 0 amide bonds. The molecule has 1 saturated heterocycles. The molecule has 1 aliphatic rings. The van der Waals surface area contributed by atoms with Crippen LogP contribution in [0.15, 0.2) is 18.3 Å². The Morgan fingerprint density at radius 2 is 1.95 bits per heavy atom. The number of pyridine rings is 1. The summed E-state index contributed by atoms with van der Waals surface area (Å²) in [4.78, 5) is 7.58. The van der Waals surface area contributed by atoms with Gasteiger partial charge < -0.3 is 9.64 Å². The molecule has 1 aliphatic heterocycles. The van der Waals surface area contributed by atoms with Gasteiger partial charge in [-0.05, 0) is 12.1 Å². The molecule has 0 aliphatic carbocycles. The minimum atomic E-state index is -4.39. The molecule has 1 fully saturated rings. The van der Waals surface area contributed by atoms with E-state index >= 15 is 0 Å².